The van der Waals surface area contributed by atoms with Gasteiger partial charge in [0.1, 0.15) is 17.0 Å². The minimum Gasteiger partial charge on any atom is -0.455 e. The van der Waals surface area contributed by atoms with Crippen LogP contribution in [0.4, 0.5) is 11.4 Å². The van der Waals surface area contributed by atoms with Crippen molar-refractivity contribution >= 4 is 40.3 Å². The van der Waals surface area contributed by atoms with Crippen molar-refractivity contribution < 1.29 is 13.8 Å². The largest absolute Gasteiger partial charge is 0.455 e. The number of hydrogen-bond acceptors (Lipinski definition) is 6. The first kappa shape index (κ1) is 20.7. The summed E-state index contributed by atoms with van der Waals surface area (Å²) in [7, 11) is 0. The molecule has 0 unspecified atom stereocenters. The molecule has 0 radical (unpaired) electrons. The van der Waals surface area contributed by atoms with E-state index in [0.717, 1.165) is 16.8 Å². The molecule has 0 saturated carbocycles. The van der Waals surface area contributed by atoms with Gasteiger partial charge in [-0.3, -0.25) is 15.1 Å². The molecule has 2 heterocycles. The van der Waals surface area contributed by atoms with Crippen molar-refractivity contribution in [3.63, 3.8) is 0 Å². The van der Waals surface area contributed by atoms with Crippen LogP contribution in [0, 0.1) is 17.0 Å². The van der Waals surface area contributed by atoms with Crippen molar-refractivity contribution in [2.45, 2.75) is 6.92 Å². The van der Waals surface area contributed by atoms with Gasteiger partial charge in [0.05, 0.1) is 22.4 Å². The number of hydrogen-bond donors (Lipinski definition) is 0. The third-order valence-electron chi connectivity index (χ3n) is 5.13. The highest BCUT2D eigenvalue weighted by Gasteiger charge is 2.17. The van der Waals surface area contributed by atoms with Gasteiger partial charge in [0.15, 0.2) is 5.58 Å². The maximum absolute atomic E-state index is 11.3. The molecule has 0 spiro atoms. The molecule has 5 rings (SSSR count). The predicted molar refractivity (Wildman–Crippen MR) is 127 cm³/mol. The molecule has 0 aliphatic carbocycles. The molecular formula is C25H16ClN3O4. The summed E-state index contributed by atoms with van der Waals surface area (Å²) in [6, 6.07) is 20.9. The Morgan fingerprint density at radius 1 is 1.03 bits per heavy atom. The van der Waals surface area contributed by atoms with Crippen LogP contribution in [0.15, 0.2) is 86.6 Å². The zero-order valence-electron chi connectivity index (χ0n) is 17.4. The molecule has 0 fully saturated rings. The second-order valence-corrected chi connectivity index (χ2v) is 7.80. The highest BCUT2D eigenvalue weighted by atomic mass is 35.5. The van der Waals surface area contributed by atoms with Gasteiger partial charge in [-0.25, -0.2) is 4.98 Å². The molecule has 8 heteroatoms. The van der Waals surface area contributed by atoms with E-state index in [1.54, 1.807) is 54.7 Å². The summed E-state index contributed by atoms with van der Waals surface area (Å²) in [6.45, 7) is 1.95. The Morgan fingerprint density at radius 2 is 1.88 bits per heavy atom. The van der Waals surface area contributed by atoms with E-state index in [2.05, 4.69) is 9.98 Å². The SMILES string of the molecule is Cc1ccc(-c2nc3cc(Cl)ccc3o2)cc1N=Cc1ccc(-c2ccccc2[N+](=O)[O-])o1. The summed E-state index contributed by atoms with van der Waals surface area (Å²) in [5.41, 5.74) is 4.19. The summed E-state index contributed by atoms with van der Waals surface area (Å²) < 4.78 is 11.6. The minimum absolute atomic E-state index is 0.0153. The van der Waals surface area contributed by atoms with Gasteiger partial charge in [0, 0.05) is 16.7 Å². The van der Waals surface area contributed by atoms with Crippen molar-refractivity contribution in [3.05, 3.63) is 99.3 Å². The number of nitro benzene ring substituents is 1. The fourth-order valence-corrected chi connectivity index (χ4v) is 3.61. The molecule has 0 saturated heterocycles. The number of aliphatic imine (C=N–C) groups is 1. The fraction of sp³-hybridized carbons (Fsp3) is 0.0400. The molecular weight excluding hydrogens is 442 g/mol. The van der Waals surface area contributed by atoms with Gasteiger partial charge in [-0.1, -0.05) is 29.8 Å². The number of aromatic nitrogens is 1. The van der Waals surface area contributed by atoms with Crippen LogP contribution in [0.3, 0.4) is 0 Å². The summed E-state index contributed by atoms with van der Waals surface area (Å²) in [4.78, 5) is 19.9. The van der Waals surface area contributed by atoms with Gasteiger partial charge < -0.3 is 8.83 Å². The predicted octanol–water partition coefficient (Wildman–Crippen LogP) is 7.38. The molecule has 7 nitrogen and oxygen atoms in total. The molecule has 162 valence electrons. The van der Waals surface area contributed by atoms with Crippen LogP contribution < -0.4 is 0 Å². The molecule has 0 aliphatic rings. The maximum Gasteiger partial charge on any atom is 0.280 e. The van der Waals surface area contributed by atoms with Crippen molar-refractivity contribution in [1.29, 1.82) is 0 Å². The fourth-order valence-electron chi connectivity index (χ4n) is 3.45. The van der Waals surface area contributed by atoms with Crippen LogP contribution in [-0.4, -0.2) is 16.1 Å². The first-order valence-corrected chi connectivity index (χ1v) is 10.4. The zero-order valence-corrected chi connectivity index (χ0v) is 18.1. The first-order chi connectivity index (χ1) is 16.0. The van der Waals surface area contributed by atoms with E-state index in [-0.39, 0.29) is 5.69 Å². The van der Waals surface area contributed by atoms with Crippen molar-refractivity contribution in [2.24, 2.45) is 4.99 Å². The van der Waals surface area contributed by atoms with E-state index in [1.165, 1.54) is 6.07 Å². The third-order valence-corrected chi connectivity index (χ3v) is 5.36. The summed E-state index contributed by atoms with van der Waals surface area (Å²) in [5.74, 6) is 1.35. The van der Waals surface area contributed by atoms with Crippen LogP contribution in [0.2, 0.25) is 5.02 Å². The van der Waals surface area contributed by atoms with Crippen molar-refractivity contribution in [2.75, 3.05) is 0 Å². The molecule has 0 atom stereocenters. The van der Waals surface area contributed by atoms with E-state index < -0.39 is 4.92 Å². The Bertz CT molecular complexity index is 1530. The Kier molecular flexibility index (Phi) is 5.24. The highest BCUT2D eigenvalue weighted by molar-refractivity contribution is 6.31. The summed E-state index contributed by atoms with van der Waals surface area (Å²) >= 11 is 6.04. The number of nitro groups is 1. The van der Waals surface area contributed by atoms with E-state index in [4.69, 9.17) is 20.4 Å². The van der Waals surface area contributed by atoms with Crippen molar-refractivity contribution in [3.8, 4) is 22.8 Å². The molecule has 2 aromatic heterocycles. The number of aryl methyl sites for hydroxylation is 1. The Morgan fingerprint density at radius 3 is 2.73 bits per heavy atom. The lowest BCUT2D eigenvalue weighted by Gasteiger charge is -2.02. The number of furan rings is 1. The number of para-hydroxylation sites is 1. The Balaban J connectivity index is 1.44. The number of oxazole rings is 1. The quantitative estimate of drug-likeness (QED) is 0.156. The zero-order chi connectivity index (χ0) is 22.9. The lowest BCUT2D eigenvalue weighted by atomic mass is 10.1. The monoisotopic (exact) mass is 457 g/mol. The molecule has 0 bridgehead atoms. The smallest absolute Gasteiger partial charge is 0.280 e. The van der Waals surface area contributed by atoms with E-state index >= 15 is 0 Å². The lowest BCUT2D eigenvalue weighted by molar-refractivity contribution is -0.384. The van der Waals surface area contributed by atoms with Gasteiger partial charge in [0.2, 0.25) is 5.89 Å². The Labute approximate surface area is 193 Å². The maximum atomic E-state index is 11.3. The molecule has 0 aliphatic heterocycles. The molecule has 0 N–H and O–H groups in total. The number of fused-ring (bicyclic) bond motifs is 1. The third kappa shape index (κ3) is 4.14. The van der Waals surface area contributed by atoms with Crippen LogP contribution in [0.1, 0.15) is 11.3 Å². The number of rotatable bonds is 5. The number of benzene rings is 3. The van der Waals surface area contributed by atoms with Gasteiger partial charge in [0.25, 0.3) is 5.69 Å². The average Bonchev–Trinajstić information content (AvgIpc) is 3.45. The van der Waals surface area contributed by atoms with E-state index in [0.29, 0.717) is 39.1 Å². The Hall–Kier alpha value is -4.23. The van der Waals surface area contributed by atoms with Crippen LogP contribution in [0.5, 0.6) is 0 Å². The first-order valence-electron chi connectivity index (χ1n) is 10.0. The standard InChI is InChI=1S/C25H16ClN3O4/c1-15-6-7-16(25-28-21-13-17(26)8-10-24(21)33-25)12-20(15)27-14-18-9-11-23(32-18)19-4-2-3-5-22(19)29(30)31/h2-14H,1H3. The normalized spacial score (nSPS) is 11.5. The van der Waals surface area contributed by atoms with Crippen LogP contribution in [-0.2, 0) is 0 Å². The van der Waals surface area contributed by atoms with Gasteiger partial charge in [-0.05, 0) is 61.0 Å². The van der Waals surface area contributed by atoms with Crippen molar-refractivity contribution in [1.82, 2.24) is 4.98 Å². The number of halogens is 1. The second-order valence-electron chi connectivity index (χ2n) is 7.37. The van der Waals surface area contributed by atoms with E-state index in [9.17, 15) is 10.1 Å². The molecule has 0 amide bonds. The molecule has 5 aromatic rings. The van der Waals surface area contributed by atoms with Gasteiger partial charge in [-0.15, -0.1) is 0 Å². The topological polar surface area (TPSA) is 94.7 Å². The highest BCUT2D eigenvalue weighted by Crippen LogP contribution is 2.32. The summed E-state index contributed by atoms with van der Waals surface area (Å²) in [5, 5.41) is 11.9. The second kappa shape index (κ2) is 8.37. The van der Waals surface area contributed by atoms with E-state index in [1.807, 2.05) is 25.1 Å². The average molecular weight is 458 g/mol. The van der Waals surface area contributed by atoms with Gasteiger partial charge in [-0.2, -0.15) is 0 Å². The number of nitrogens with zero attached hydrogens (tertiary/aromatic N) is 3. The molecule has 33 heavy (non-hydrogen) atoms. The summed E-state index contributed by atoms with van der Waals surface area (Å²) in [6.07, 6.45) is 1.58. The lowest BCUT2D eigenvalue weighted by Crippen LogP contribution is -1.90. The van der Waals surface area contributed by atoms with Crippen LogP contribution >= 0.6 is 11.6 Å². The molecule has 3 aromatic carbocycles. The minimum atomic E-state index is -0.430. The van der Waals surface area contributed by atoms with Gasteiger partial charge >= 0.3 is 0 Å². The van der Waals surface area contributed by atoms with Crippen LogP contribution in [0.25, 0.3) is 33.9 Å².